The van der Waals surface area contributed by atoms with Gasteiger partial charge in [-0.05, 0) is 49.9 Å². The minimum atomic E-state index is -5.86. The van der Waals surface area contributed by atoms with Gasteiger partial charge in [0.05, 0.1) is 12.7 Å². The Balaban J connectivity index is 1.72. The van der Waals surface area contributed by atoms with E-state index in [4.69, 9.17) is 4.55 Å². The van der Waals surface area contributed by atoms with E-state index in [0.29, 0.717) is 24.7 Å². The fraction of sp³-hybridized carbons (Fsp3) is 0.923. The standard InChI is InChI=1S/C13H18F2O6S/c14-13(15,22(18,19)20)11(17)21-6-12-4-7-1-8(5-12)3-9(2-7)10(12)16/h7-10,16H,1-6H2,(H,18,19,20). The molecule has 0 aliphatic heterocycles. The molecule has 4 rings (SSSR count). The van der Waals surface area contributed by atoms with Crippen LogP contribution in [0, 0.1) is 23.2 Å². The molecule has 4 aliphatic carbocycles. The lowest BCUT2D eigenvalue weighted by molar-refractivity contribution is -0.194. The minimum absolute atomic E-state index is 0.0898. The van der Waals surface area contributed by atoms with E-state index in [0.717, 1.165) is 19.3 Å². The maximum Gasteiger partial charge on any atom is 0.465 e. The van der Waals surface area contributed by atoms with Crippen LogP contribution >= 0.6 is 0 Å². The van der Waals surface area contributed by atoms with Gasteiger partial charge in [-0.25, -0.2) is 4.79 Å². The summed E-state index contributed by atoms with van der Waals surface area (Å²) in [6.45, 7) is -0.443. The van der Waals surface area contributed by atoms with Crippen LogP contribution in [0.3, 0.4) is 0 Å². The lowest BCUT2D eigenvalue weighted by Crippen LogP contribution is -2.58. The average molecular weight is 340 g/mol. The zero-order valence-corrected chi connectivity index (χ0v) is 12.6. The number of ether oxygens (including phenoxy) is 1. The van der Waals surface area contributed by atoms with Crippen molar-refractivity contribution >= 4 is 16.1 Å². The largest absolute Gasteiger partial charge is 0.465 e. The lowest BCUT2D eigenvalue weighted by Gasteiger charge is -2.59. The van der Waals surface area contributed by atoms with Crippen molar-refractivity contribution in [2.24, 2.45) is 23.2 Å². The molecule has 126 valence electrons. The van der Waals surface area contributed by atoms with Crippen molar-refractivity contribution in [3.8, 4) is 0 Å². The second-order valence-electron chi connectivity index (χ2n) is 6.98. The quantitative estimate of drug-likeness (QED) is 0.589. The van der Waals surface area contributed by atoms with Gasteiger partial charge in [-0.1, -0.05) is 0 Å². The summed E-state index contributed by atoms with van der Waals surface area (Å²) in [4.78, 5) is 11.3. The van der Waals surface area contributed by atoms with Gasteiger partial charge in [0.1, 0.15) is 0 Å². The highest BCUT2D eigenvalue weighted by atomic mass is 32.2. The number of rotatable bonds is 4. The number of hydrogen-bond donors (Lipinski definition) is 2. The van der Waals surface area contributed by atoms with Crippen LogP contribution in [0.2, 0.25) is 0 Å². The van der Waals surface area contributed by atoms with Gasteiger partial charge in [-0.3, -0.25) is 4.55 Å². The van der Waals surface area contributed by atoms with Gasteiger partial charge in [0, 0.05) is 5.41 Å². The molecule has 3 atom stereocenters. The molecule has 4 bridgehead atoms. The van der Waals surface area contributed by atoms with Gasteiger partial charge < -0.3 is 9.84 Å². The summed E-state index contributed by atoms with van der Waals surface area (Å²) >= 11 is 0. The Morgan fingerprint density at radius 3 is 2.27 bits per heavy atom. The number of halogens is 2. The van der Waals surface area contributed by atoms with Crippen LogP contribution in [-0.4, -0.2) is 42.0 Å². The Bertz CT molecular complexity index is 575. The zero-order chi connectivity index (χ0) is 16.3. The highest BCUT2D eigenvalue weighted by molar-refractivity contribution is 7.87. The van der Waals surface area contributed by atoms with Gasteiger partial charge in [-0.15, -0.1) is 0 Å². The van der Waals surface area contributed by atoms with Crippen molar-refractivity contribution in [1.82, 2.24) is 0 Å². The number of alkyl halides is 2. The normalized spacial score (nSPS) is 40.7. The molecule has 0 heterocycles. The molecule has 3 unspecified atom stereocenters. The Labute approximate surface area is 126 Å². The number of aliphatic hydroxyl groups is 1. The van der Waals surface area contributed by atoms with Gasteiger partial charge >= 0.3 is 21.3 Å². The van der Waals surface area contributed by atoms with Crippen LogP contribution in [0.25, 0.3) is 0 Å². The van der Waals surface area contributed by atoms with E-state index in [1.807, 2.05) is 0 Å². The molecule has 4 aliphatic rings. The van der Waals surface area contributed by atoms with Crippen molar-refractivity contribution in [2.75, 3.05) is 6.61 Å². The summed E-state index contributed by atoms with van der Waals surface area (Å²) in [5, 5.41) is 5.42. The number of aliphatic hydroxyl groups excluding tert-OH is 1. The fourth-order valence-electron chi connectivity index (χ4n) is 4.78. The lowest BCUT2D eigenvalue weighted by atomic mass is 9.48. The number of carbonyl (C=O) groups excluding carboxylic acids is 1. The second kappa shape index (κ2) is 4.85. The first kappa shape index (κ1) is 16.1. The molecule has 0 amide bonds. The van der Waals surface area contributed by atoms with Crippen molar-refractivity contribution < 1.29 is 36.4 Å². The Kier molecular flexibility index (Phi) is 3.54. The van der Waals surface area contributed by atoms with E-state index in [2.05, 4.69) is 4.74 Å². The molecule has 9 heteroatoms. The van der Waals surface area contributed by atoms with Crippen molar-refractivity contribution in [3.05, 3.63) is 0 Å². The molecule has 6 nitrogen and oxygen atoms in total. The van der Waals surface area contributed by atoms with E-state index >= 15 is 0 Å². The van der Waals surface area contributed by atoms with Crippen LogP contribution in [0.15, 0.2) is 0 Å². The first-order chi connectivity index (χ1) is 10.1. The smallest absolute Gasteiger partial charge is 0.460 e. The molecule has 0 aromatic heterocycles. The fourth-order valence-corrected chi connectivity index (χ4v) is 5.05. The van der Waals surface area contributed by atoms with E-state index < -0.39 is 39.5 Å². The first-order valence-electron chi connectivity index (χ1n) is 7.25. The zero-order valence-electron chi connectivity index (χ0n) is 11.7. The molecule has 22 heavy (non-hydrogen) atoms. The second-order valence-corrected chi connectivity index (χ2v) is 8.45. The third-order valence-electron chi connectivity index (χ3n) is 5.46. The van der Waals surface area contributed by atoms with Gasteiger partial charge in [0.2, 0.25) is 0 Å². The Morgan fingerprint density at radius 1 is 1.23 bits per heavy atom. The van der Waals surface area contributed by atoms with Crippen molar-refractivity contribution in [2.45, 2.75) is 43.5 Å². The predicted octanol–water partition coefficient (Wildman–Crippen LogP) is 1.20. The molecule has 0 radical (unpaired) electrons. The number of carbonyl (C=O) groups is 1. The Hall–Kier alpha value is -0.800. The molecule has 2 N–H and O–H groups in total. The van der Waals surface area contributed by atoms with Crippen molar-refractivity contribution in [3.63, 3.8) is 0 Å². The highest BCUT2D eigenvalue weighted by Crippen LogP contribution is 2.60. The van der Waals surface area contributed by atoms with Gasteiger partial charge in [-0.2, -0.15) is 17.2 Å². The van der Waals surface area contributed by atoms with E-state index in [1.54, 1.807) is 0 Å². The Morgan fingerprint density at radius 2 is 1.77 bits per heavy atom. The summed E-state index contributed by atoms with van der Waals surface area (Å²) in [6.07, 6.45) is 3.29. The molecule has 4 saturated carbocycles. The van der Waals surface area contributed by atoms with Crippen LogP contribution in [-0.2, 0) is 19.6 Å². The highest BCUT2D eigenvalue weighted by Gasteiger charge is 2.59. The summed E-state index contributed by atoms with van der Waals surface area (Å²) in [7, 11) is -5.86. The monoisotopic (exact) mass is 340 g/mol. The maximum absolute atomic E-state index is 13.2. The maximum atomic E-state index is 13.2. The SMILES string of the molecule is O=C(OCC12CC3CC(CC(C3)C1O)C2)C(F)(F)S(=O)(=O)O. The predicted molar refractivity (Wildman–Crippen MR) is 69.4 cm³/mol. The van der Waals surface area contributed by atoms with Gasteiger partial charge in [0.25, 0.3) is 0 Å². The average Bonchev–Trinajstić information content (AvgIpc) is 2.40. The van der Waals surface area contributed by atoms with E-state index in [9.17, 15) is 27.1 Å². The third kappa shape index (κ3) is 2.33. The van der Waals surface area contributed by atoms with Crippen LogP contribution < -0.4 is 0 Å². The van der Waals surface area contributed by atoms with Crippen LogP contribution in [0.5, 0.6) is 0 Å². The summed E-state index contributed by atoms with van der Waals surface area (Å²) in [5.74, 6) is -1.42. The summed E-state index contributed by atoms with van der Waals surface area (Å²) in [5.41, 5.74) is -0.764. The molecular weight excluding hydrogens is 322 g/mol. The van der Waals surface area contributed by atoms with E-state index in [-0.39, 0.29) is 5.92 Å². The third-order valence-corrected chi connectivity index (χ3v) is 6.27. The topological polar surface area (TPSA) is 101 Å². The summed E-state index contributed by atoms with van der Waals surface area (Å²) < 4.78 is 60.4. The molecule has 4 fully saturated rings. The first-order valence-corrected chi connectivity index (χ1v) is 8.69. The van der Waals surface area contributed by atoms with E-state index in [1.165, 1.54) is 0 Å². The summed E-state index contributed by atoms with van der Waals surface area (Å²) in [6, 6.07) is 0. The van der Waals surface area contributed by atoms with Crippen molar-refractivity contribution in [1.29, 1.82) is 0 Å². The number of hydrogen-bond acceptors (Lipinski definition) is 5. The van der Waals surface area contributed by atoms with Crippen LogP contribution in [0.4, 0.5) is 8.78 Å². The minimum Gasteiger partial charge on any atom is -0.460 e. The molecular formula is C13H18F2O6S. The molecule has 0 aromatic carbocycles. The van der Waals surface area contributed by atoms with Gasteiger partial charge in [0.15, 0.2) is 0 Å². The van der Waals surface area contributed by atoms with Crippen LogP contribution in [0.1, 0.15) is 32.1 Å². The molecule has 0 spiro atoms. The number of esters is 1. The molecule has 0 saturated heterocycles. The molecule has 0 aromatic rings.